The number of aryl methyl sites for hydroxylation is 1. The molecule has 2 nitrogen and oxygen atoms in total. The van der Waals surface area contributed by atoms with E-state index in [0.29, 0.717) is 6.42 Å². The van der Waals surface area contributed by atoms with Crippen molar-refractivity contribution in [3.63, 3.8) is 0 Å². The molecule has 76 valence electrons. The molecule has 0 aliphatic rings. The van der Waals surface area contributed by atoms with E-state index in [4.69, 9.17) is 5.26 Å². The number of hydrogen-bond donors (Lipinski definition) is 0. The van der Waals surface area contributed by atoms with Gasteiger partial charge in [0.1, 0.15) is 0 Å². The molecule has 2 rings (SSSR count). The van der Waals surface area contributed by atoms with E-state index in [0.717, 1.165) is 19.4 Å². The minimum atomic E-state index is 0.666. The van der Waals surface area contributed by atoms with Gasteiger partial charge in [-0.25, -0.2) is 0 Å². The summed E-state index contributed by atoms with van der Waals surface area (Å²) in [6, 6.07) is 12.7. The van der Waals surface area contributed by atoms with E-state index in [1.54, 1.807) is 0 Å². The Labute approximate surface area is 89.7 Å². The van der Waals surface area contributed by atoms with E-state index in [-0.39, 0.29) is 0 Å². The summed E-state index contributed by atoms with van der Waals surface area (Å²) < 4.78 is 2.26. The lowest BCUT2D eigenvalue weighted by Crippen LogP contribution is -1.95. The number of nitrogens with zero attached hydrogens (tertiary/aromatic N) is 2. The Balaban J connectivity index is 2.05. The Bertz CT molecular complexity index is 476. The van der Waals surface area contributed by atoms with Crippen LogP contribution in [-0.2, 0) is 6.54 Å². The molecule has 2 heteroatoms. The molecule has 0 aliphatic heterocycles. The van der Waals surface area contributed by atoms with Crippen LogP contribution in [0.2, 0.25) is 0 Å². The van der Waals surface area contributed by atoms with Crippen molar-refractivity contribution >= 4 is 10.9 Å². The third kappa shape index (κ3) is 2.19. The van der Waals surface area contributed by atoms with Crippen molar-refractivity contribution in [1.29, 1.82) is 5.26 Å². The van der Waals surface area contributed by atoms with E-state index < -0.39 is 0 Å². The van der Waals surface area contributed by atoms with E-state index >= 15 is 0 Å². The second-order valence-corrected chi connectivity index (χ2v) is 3.68. The molecule has 0 N–H and O–H groups in total. The molecule has 0 fully saturated rings. The Morgan fingerprint density at radius 3 is 2.87 bits per heavy atom. The van der Waals surface area contributed by atoms with Gasteiger partial charge in [0, 0.05) is 24.7 Å². The van der Waals surface area contributed by atoms with E-state index in [1.165, 1.54) is 10.9 Å². The minimum absolute atomic E-state index is 0.666. The molecule has 1 aromatic carbocycles. The fourth-order valence-electron chi connectivity index (χ4n) is 1.82. The van der Waals surface area contributed by atoms with Crippen LogP contribution in [0.5, 0.6) is 0 Å². The monoisotopic (exact) mass is 198 g/mol. The van der Waals surface area contributed by atoms with Crippen molar-refractivity contribution in [3.05, 3.63) is 36.5 Å². The standard InChI is InChI=1S/C13H14N2/c14-9-4-1-5-10-15-11-8-12-6-2-3-7-13(12)15/h2-3,6-8,11H,1,4-5,10H2. The predicted molar refractivity (Wildman–Crippen MR) is 61.4 cm³/mol. The van der Waals surface area contributed by atoms with Gasteiger partial charge < -0.3 is 4.57 Å². The number of fused-ring (bicyclic) bond motifs is 1. The summed E-state index contributed by atoms with van der Waals surface area (Å²) in [6.07, 6.45) is 4.85. The zero-order chi connectivity index (χ0) is 10.5. The zero-order valence-electron chi connectivity index (χ0n) is 8.69. The topological polar surface area (TPSA) is 28.7 Å². The minimum Gasteiger partial charge on any atom is -0.347 e. The highest BCUT2D eigenvalue weighted by molar-refractivity contribution is 5.79. The Morgan fingerprint density at radius 2 is 2.00 bits per heavy atom. The Hall–Kier alpha value is -1.75. The van der Waals surface area contributed by atoms with Gasteiger partial charge in [-0.2, -0.15) is 5.26 Å². The van der Waals surface area contributed by atoms with Crippen LogP contribution in [0.25, 0.3) is 10.9 Å². The average Bonchev–Trinajstić information content (AvgIpc) is 2.68. The van der Waals surface area contributed by atoms with E-state index in [1.807, 2.05) is 0 Å². The van der Waals surface area contributed by atoms with Gasteiger partial charge in [-0.3, -0.25) is 0 Å². The first kappa shape index (κ1) is 9.79. The molecule has 0 amide bonds. The van der Waals surface area contributed by atoms with Crippen LogP contribution in [0.3, 0.4) is 0 Å². The molecule has 1 aromatic heterocycles. The molecular formula is C13H14N2. The molecule has 15 heavy (non-hydrogen) atoms. The summed E-state index contributed by atoms with van der Waals surface area (Å²) in [4.78, 5) is 0. The fourth-order valence-corrected chi connectivity index (χ4v) is 1.82. The molecule has 0 saturated heterocycles. The summed E-state index contributed by atoms with van der Waals surface area (Å²) in [5.74, 6) is 0. The molecule has 0 bridgehead atoms. The summed E-state index contributed by atoms with van der Waals surface area (Å²) in [7, 11) is 0. The van der Waals surface area contributed by atoms with Gasteiger partial charge in [0.15, 0.2) is 0 Å². The van der Waals surface area contributed by atoms with E-state index in [9.17, 15) is 0 Å². The first-order chi connectivity index (χ1) is 7.42. The van der Waals surface area contributed by atoms with Crippen LogP contribution in [0.4, 0.5) is 0 Å². The third-order valence-electron chi connectivity index (χ3n) is 2.62. The highest BCUT2D eigenvalue weighted by atomic mass is 14.9. The SMILES string of the molecule is N#CCCCCn1ccc2ccccc21. The zero-order valence-corrected chi connectivity index (χ0v) is 8.69. The number of aromatic nitrogens is 1. The predicted octanol–water partition coefficient (Wildman–Crippen LogP) is 3.34. The maximum Gasteiger partial charge on any atom is 0.0621 e. The number of hydrogen-bond acceptors (Lipinski definition) is 1. The smallest absolute Gasteiger partial charge is 0.0621 e. The van der Waals surface area contributed by atoms with Gasteiger partial charge in [-0.15, -0.1) is 0 Å². The molecule has 0 atom stereocenters. The summed E-state index contributed by atoms with van der Waals surface area (Å²) in [5.41, 5.74) is 1.29. The van der Waals surface area contributed by atoms with Gasteiger partial charge >= 0.3 is 0 Å². The second kappa shape index (κ2) is 4.65. The van der Waals surface area contributed by atoms with Crippen molar-refractivity contribution in [1.82, 2.24) is 4.57 Å². The largest absolute Gasteiger partial charge is 0.347 e. The molecule has 0 aliphatic carbocycles. The van der Waals surface area contributed by atoms with Gasteiger partial charge in [-0.1, -0.05) is 18.2 Å². The highest BCUT2D eigenvalue weighted by Crippen LogP contribution is 2.15. The molecule has 1 heterocycles. The van der Waals surface area contributed by atoms with Gasteiger partial charge in [0.05, 0.1) is 6.07 Å². The number of benzene rings is 1. The average molecular weight is 198 g/mol. The van der Waals surface area contributed by atoms with Crippen molar-refractivity contribution in [2.24, 2.45) is 0 Å². The highest BCUT2D eigenvalue weighted by Gasteiger charge is 1.98. The summed E-state index contributed by atoms with van der Waals surface area (Å²) in [5, 5.41) is 9.73. The van der Waals surface area contributed by atoms with Crippen LogP contribution in [0.1, 0.15) is 19.3 Å². The van der Waals surface area contributed by atoms with Gasteiger partial charge in [-0.05, 0) is 30.4 Å². The molecule has 0 radical (unpaired) electrons. The lowest BCUT2D eigenvalue weighted by Gasteiger charge is -2.03. The molecule has 2 aromatic rings. The number of para-hydroxylation sites is 1. The van der Waals surface area contributed by atoms with Crippen molar-refractivity contribution in [3.8, 4) is 6.07 Å². The molecule has 0 saturated carbocycles. The van der Waals surface area contributed by atoms with Crippen molar-refractivity contribution in [2.75, 3.05) is 0 Å². The fraction of sp³-hybridized carbons (Fsp3) is 0.308. The second-order valence-electron chi connectivity index (χ2n) is 3.68. The van der Waals surface area contributed by atoms with Crippen LogP contribution >= 0.6 is 0 Å². The lowest BCUT2D eigenvalue weighted by molar-refractivity contribution is 0.632. The van der Waals surface area contributed by atoms with Crippen LogP contribution in [0.15, 0.2) is 36.5 Å². The number of rotatable bonds is 4. The summed E-state index contributed by atoms with van der Waals surface area (Å²) in [6.45, 7) is 1.01. The van der Waals surface area contributed by atoms with Crippen LogP contribution in [-0.4, -0.2) is 4.57 Å². The van der Waals surface area contributed by atoms with Crippen LogP contribution < -0.4 is 0 Å². The molecule has 0 spiro atoms. The normalized spacial score (nSPS) is 10.3. The Kier molecular flexibility index (Phi) is 3.04. The van der Waals surface area contributed by atoms with Crippen LogP contribution in [0, 0.1) is 11.3 Å². The number of nitriles is 1. The van der Waals surface area contributed by atoms with E-state index in [2.05, 4.69) is 47.2 Å². The van der Waals surface area contributed by atoms with Crippen molar-refractivity contribution in [2.45, 2.75) is 25.8 Å². The molecular weight excluding hydrogens is 184 g/mol. The van der Waals surface area contributed by atoms with Gasteiger partial charge in [0.25, 0.3) is 0 Å². The maximum absolute atomic E-state index is 8.44. The third-order valence-corrected chi connectivity index (χ3v) is 2.62. The molecule has 0 unspecified atom stereocenters. The van der Waals surface area contributed by atoms with Crippen molar-refractivity contribution < 1.29 is 0 Å². The van der Waals surface area contributed by atoms with Gasteiger partial charge in [0.2, 0.25) is 0 Å². The first-order valence-electron chi connectivity index (χ1n) is 5.32. The number of unbranched alkanes of at least 4 members (excludes halogenated alkanes) is 2. The quantitative estimate of drug-likeness (QED) is 0.693. The first-order valence-corrected chi connectivity index (χ1v) is 5.32. The Morgan fingerprint density at radius 1 is 1.13 bits per heavy atom. The lowest BCUT2D eigenvalue weighted by atomic mass is 10.2. The maximum atomic E-state index is 8.44. The summed E-state index contributed by atoms with van der Waals surface area (Å²) >= 11 is 0.